The van der Waals surface area contributed by atoms with E-state index in [0.29, 0.717) is 24.2 Å². The molecule has 2 N–H and O–H groups in total. The van der Waals surface area contributed by atoms with Crippen LogP contribution in [0.4, 0.5) is 21.5 Å². The van der Waals surface area contributed by atoms with Crippen LogP contribution in [-0.2, 0) is 14.8 Å². The Kier molecular flexibility index (Phi) is 6.15. The molecule has 3 aromatic rings. The van der Waals surface area contributed by atoms with Crippen molar-refractivity contribution in [3.05, 3.63) is 83.7 Å². The summed E-state index contributed by atoms with van der Waals surface area (Å²) in [5, 5.41) is 2.81. The van der Waals surface area contributed by atoms with Crippen molar-refractivity contribution in [3.63, 3.8) is 0 Å². The standard InChI is InChI=1S/C24H22FN3O4S/c1-16-15-20(10-13-22(16)28-14-2-3-23(28)29)26-24(30)17-4-8-19(9-5-17)27-33(31,32)21-11-6-18(25)7-12-21/h4-13,15,27H,2-3,14H2,1H3,(H,26,30). The van der Waals surface area contributed by atoms with E-state index in [1.807, 2.05) is 19.1 Å². The van der Waals surface area contributed by atoms with Crippen molar-refractivity contribution in [1.29, 1.82) is 0 Å². The lowest BCUT2D eigenvalue weighted by molar-refractivity contribution is -0.117. The second kappa shape index (κ2) is 9.03. The lowest BCUT2D eigenvalue weighted by Crippen LogP contribution is -2.24. The molecular weight excluding hydrogens is 445 g/mol. The molecule has 1 fully saturated rings. The number of halogens is 1. The summed E-state index contributed by atoms with van der Waals surface area (Å²) in [5.41, 5.74) is 2.93. The molecule has 0 unspecified atom stereocenters. The third-order valence-electron chi connectivity index (χ3n) is 5.34. The van der Waals surface area contributed by atoms with Crippen LogP contribution in [0.5, 0.6) is 0 Å². The van der Waals surface area contributed by atoms with Crippen molar-refractivity contribution < 1.29 is 22.4 Å². The number of rotatable bonds is 6. The van der Waals surface area contributed by atoms with Crippen molar-refractivity contribution in [2.45, 2.75) is 24.7 Å². The number of aryl methyl sites for hydroxylation is 1. The first kappa shape index (κ1) is 22.5. The van der Waals surface area contributed by atoms with Crippen LogP contribution in [0.1, 0.15) is 28.8 Å². The van der Waals surface area contributed by atoms with Gasteiger partial charge in [-0.2, -0.15) is 0 Å². The van der Waals surface area contributed by atoms with Crippen LogP contribution in [0.2, 0.25) is 0 Å². The maximum absolute atomic E-state index is 13.0. The van der Waals surface area contributed by atoms with Crippen molar-refractivity contribution in [1.82, 2.24) is 0 Å². The first-order valence-electron chi connectivity index (χ1n) is 10.3. The van der Waals surface area contributed by atoms with Gasteiger partial charge in [0.05, 0.1) is 4.90 Å². The number of carbonyl (C=O) groups is 2. The number of anilines is 3. The van der Waals surface area contributed by atoms with E-state index in [4.69, 9.17) is 0 Å². The smallest absolute Gasteiger partial charge is 0.261 e. The molecule has 3 aromatic carbocycles. The predicted octanol–water partition coefficient (Wildman–Crippen LogP) is 4.31. The van der Waals surface area contributed by atoms with Gasteiger partial charge in [0.25, 0.3) is 15.9 Å². The van der Waals surface area contributed by atoms with Gasteiger partial charge in [-0.05, 0) is 85.6 Å². The minimum Gasteiger partial charge on any atom is -0.322 e. The van der Waals surface area contributed by atoms with E-state index in [1.165, 1.54) is 36.4 Å². The fourth-order valence-corrected chi connectivity index (χ4v) is 4.72. The predicted molar refractivity (Wildman–Crippen MR) is 124 cm³/mol. The van der Waals surface area contributed by atoms with E-state index in [1.54, 1.807) is 11.0 Å². The van der Waals surface area contributed by atoms with Gasteiger partial charge in [0.1, 0.15) is 5.82 Å². The zero-order chi connectivity index (χ0) is 23.6. The summed E-state index contributed by atoms with van der Waals surface area (Å²) in [6.45, 7) is 2.58. The lowest BCUT2D eigenvalue weighted by atomic mass is 10.1. The molecular formula is C24H22FN3O4S. The minimum atomic E-state index is -3.88. The fraction of sp³-hybridized carbons (Fsp3) is 0.167. The normalized spacial score (nSPS) is 13.8. The van der Waals surface area contributed by atoms with E-state index < -0.39 is 15.8 Å². The minimum absolute atomic E-state index is 0.0693. The Bertz CT molecular complexity index is 1310. The maximum atomic E-state index is 13.0. The third kappa shape index (κ3) is 5.04. The number of sulfonamides is 1. The highest BCUT2D eigenvalue weighted by atomic mass is 32.2. The van der Waals surface area contributed by atoms with Crippen molar-refractivity contribution >= 4 is 38.9 Å². The zero-order valence-electron chi connectivity index (χ0n) is 17.8. The molecule has 0 saturated carbocycles. The van der Waals surface area contributed by atoms with Gasteiger partial charge in [-0.1, -0.05) is 0 Å². The largest absolute Gasteiger partial charge is 0.322 e. The first-order chi connectivity index (χ1) is 15.7. The van der Waals surface area contributed by atoms with Gasteiger partial charge >= 0.3 is 0 Å². The molecule has 1 aliphatic rings. The Morgan fingerprint density at radius 3 is 2.24 bits per heavy atom. The highest BCUT2D eigenvalue weighted by molar-refractivity contribution is 7.92. The summed E-state index contributed by atoms with van der Waals surface area (Å²) >= 11 is 0. The van der Waals surface area contributed by atoms with Gasteiger partial charge in [0, 0.05) is 35.6 Å². The molecule has 2 amide bonds. The number of benzene rings is 3. The van der Waals surface area contributed by atoms with Gasteiger partial charge in [0.2, 0.25) is 5.91 Å². The van der Waals surface area contributed by atoms with Crippen LogP contribution in [0.25, 0.3) is 0 Å². The Labute approximate surface area is 191 Å². The summed E-state index contributed by atoms with van der Waals surface area (Å²) < 4.78 is 40.3. The van der Waals surface area contributed by atoms with Crippen LogP contribution in [0.15, 0.2) is 71.6 Å². The maximum Gasteiger partial charge on any atom is 0.261 e. The van der Waals surface area contributed by atoms with Gasteiger partial charge in [-0.15, -0.1) is 0 Å². The highest BCUT2D eigenvalue weighted by Gasteiger charge is 2.23. The summed E-state index contributed by atoms with van der Waals surface area (Å²) in [5.74, 6) is -0.781. The second-order valence-corrected chi connectivity index (χ2v) is 9.42. The molecule has 33 heavy (non-hydrogen) atoms. The van der Waals surface area contributed by atoms with E-state index in [0.717, 1.165) is 29.8 Å². The van der Waals surface area contributed by atoms with E-state index in [9.17, 15) is 22.4 Å². The molecule has 0 aliphatic carbocycles. The van der Waals surface area contributed by atoms with Crippen LogP contribution in [0, 0.1) is 12.7 Å². The van der Waals surface area contributed by atoms with Crippen molar-refractivity contribution in [2.24, 2.45) is 0 Å². The van der Waals surface area contributed by atoms with Crippen molar-refractivity contribution in [2.75, 3.05) is 21.5 Å². The van der Waals surface area contributed by atoms with Crippen LogP contribution >= 0.6 is 0 Å². The average molecular weight is 468 g/mol. The summed E-state index contributed by atoms with van der Waals surface area (Å²) in [7, 11) is -3.88. The monoisotopic (exact) mass is 467 g/mol. The average Bonchev–Trinajstić information content (AvgIpc) is 3.20. The third-order valence-corrected chi connectivity index (χ3v) is 6.74. The van der Waals surface area contributed by atoms with Crippen molar-refractivity contribution in [3.8, 4) is 0 Å². The molecule has 170 valence electrons. The number of hydrogen-bond acceptors (Lipinski definition) is 4. The van der Waals surface area contributed by atoms with E-state index in [-0.39, 0.29) is 22.4 Å². The highest BCUT2D eigenvalue weighted by Crippen LogP contribution is 2.27. The second-order valence-electron chi connectivity index (χ2n) is 7.74. The molecule has 1 heterocycles. The molecule has 0 spiro atoms. The van der Waals surface area contributed by atoms with E-state index in [2.05, 4.69) is 10.0 Å². The number of nitrogens with one attached hydrogen (secondary N) is 2. The molecule has 0 radical (unpaired) electrons. The Morgan fingerprint density at radius 1 is 0.970 bits per heavy atom. The topological polar surface area (TPSA) is 95.6 Å². The zero-order valence-corrected chi connectivity index (χ0v) is 18.7. The lowest BCUT2D eigenvalue weighted by Gasteiger charge is -2.19. The van der Waals surface area contributed by atoms with Crippen LogP contribution < -0.4 is 14.9 Å². The first-order valence-corrected chi connectivity index (χ1v) is 11.8. The SMILES string of the molecule is Cc1cc(NC(=O)c2ccc(NS(=O)(=O)c3ccc(F)cc3)cc2)ccc1N1CCCC1=O. The molecule has 0 atom stereocenters. The number of nitrogens with zero attached hydrogens (tertiary/aromatic N) is 1. The molecule has 1 aliphatic heterocycles. The Hall–Kier alpha value is -3.72. The Balaban J connectivity index is 1.43. The van der Waals surface area contributed by atoms with Gasteiger partial charge < -0.3 is 10.2 Å². The van der Waals surface area contributed by atoms with Gasteiger partial charge in [0.15, 0.2) is 0 Å². The number of hydrogen-bond donors (Lipinski definition) is 2. The molecule has 4 rings (SSSR count). The molecule has 7 nitrogen and oxygen atoms in total. The molecule has 1 saturated heterocycles. The summed E-state index contributed by atoms with van der Waals surface area (Å²) in [6, 6.07) is 15.8. The molecule has 0 aromatic heterocycles. The van der Waals surface area contributed by atoms with Gasteiger partial charge in [-0.25, -0.2) is 12.8 Å². The summed E-state index contributed by atoms with van der Waals surface area (Å²) in [6.07, 6.45) is 1.39. The van der Waals surface area contributed by atoms with E-state index >= 15 is 0 Å². The van der Waals surface area contributed by atoms with Crippen LogP contribution in [-0.4, -0.2) is 26.8 Å². The quantitative estimate of drug-likeness (QED) is 0.565. The number of carbonyl (C=O) groups excluding carboxylic acids is 2. The molecule has 0 bridgehead atoms. The molecule has 9 heteroatoms. The van der Waals surface area contributed by atoms with Gasteiger partial charge in [-0.3, -0.25) is 14.3 Å². The Morgan fingerprint density at radius 2 is 1.64 bits per heavy atom. The summed E-state index contributed by atoms with van der Waals surface area (Å²) in [4.78, 5) is 26.3. The number of amides is 2. The van der Waals surface area contributed by atoms with Crippen LogP contribution in [0.3, 0.4) is 0 Å². The fourth-order valence-electron chi connectivity index (χ4n) is 3.66.